The summed E-state index contributed by atoms with van der Waals surface area (Å²) in [5.74, 6) is 3.83. The van der Waals surface area contributed by atoms with Gasteiger partial charge in [0.1, 0.15) is 50.0 Å². The van der Waals surface area contributed by atoms with Crippen LogP contribution in [0.3, 0.4) is 0 Å². The Kier molecular flexibility index (Phi) is 5.45. The first-order valence-electron chi connectivity index (χ1n) is 9.80. The van der Waals surface area contributed by atoms with Gasteiger partial charge in [-0.25, -0.2) is 0 Å². The molecule has 0 radical (unpaired) electrons. The van der Waals surface area contributed by atoms with E-state index in [9.17, 15) is 0 Å². The standard InChI is InChI=1S/C21H26N4O3/c1-15-12-19(16(2)27-15)21-23-22-20(28-21)14-25-10-8-24(9-11-25)13-17-4-6-18(26-3)7-5-17/h4-7,12H,8-11,13-14H2,1-3H3/p+2. The maximum atomic E-state index is 5.89. The summed E-state index contributed by atoms with van der Waals surface area (Å²) in [6, 6.07) is 10.3. The summed E-state index contributed by atoms with van der Waals surface area (Å²) in [7, 11) is 1.70. The van der Waals surface area contributed by atoms with Gasteiger partial charge in [-0.1, -0.05) is 0 Å². The highest BCUT2D eigenvalue weighted by Gasteiger charge is 2.25. The molecule has 1 fully saturated rings. The van der Waals surface area contributed by atoms with Crippen molar-refractivity contribution in [2.75, 3.05) is 33.3 Å². The average Bonchev–Trinajstić information content (AvgIpc) is 3.29. The molecular weight excluding hydrogens is 356 g/mol. The summed E-state index contributed by atoms with van der Waals surface area (Å²) < 4.78 is 16.7. The van der Waals surface area contributed by atoms with Gasteiger partial charge in [-0.2, -0.15) is 0 Å². The Morgan fingerprint density at radius 3 is 2.21 bits per heavy atom. The first-order valence-corrected chi connectivity index (χ1v) is 9.80. The van der Waals surface area contributed by atoms with E-state index >= 15 is 0 Å². The molecule has 0 aliphatic carbocycles. The summed E-state index contributed by atoms with van der Waals surface area (Å²) in [6.45, 7) is 10.2. The van der Waals surface area contributed by atoms with Crippen molar-refractivity contribution < 1.29 is 23.4 Å². The summed E-state index contributed by atoms with van der Waals surface area (Å²) in [6.07, 6.45) is 0. The smallest absolute Gasteiger partial charge is 0.271 e. The number of rotatable bonds is 6. The number of aromatic nitrogens is 2. The molecule has 0 amide bonds. The van der Waals surface area contributed by atoms with E-state index in [-0.39, 0.29) is 0 Å². The Hall–Kier alpha value is -2.64. The molecule has 28 heavy (non-hydrogen) atoms. The molecule has 3 heterocycles. The highest BCUT2D eigenvalue weighted by molar-refractivity contribution is 5.55. The van der Waals surface area contributed by atoms with Crippen LogP contribution in [0.5, 0.6) is 5.75 Å². The summed E-state index contributed by atoms with van der Waals surface area (Å²) in [5.41, 5.74) is 2.24. The van der Waals surface area contributed by atoms with E-state index in [2.05, 4.69) is 22.3 Å². The predicted molar refractivity (Wildman–Crippen MR) is 103 cm³/mol. The fourth-order valence-corrected chi connectivity index (χ4v) is 3.83. The zero-order valence-corrected chi connectivity index (χ0v) is 16.7. The van der Waals surface area contributed by atoms with Crippen LogP contribution in [-0.2, 0) is 13.1 Å². The third-order valence-electron chi connectivity index (χ3n) is 5.42. The first kappa shape index (κ1) is 18.7. The van der Waals surface area contributed by atoms with Gasteiger partial charge in [-0.15, -0.1) is 10.2 Å². The quantitative estimate of drug-likeness (QED) is 0.645. The second-order valence-electron chi connectivity index (χ2n) is 7.53. The molecule has 0 atom stereocenters. The van der Waals surface area contributed by atoms with Crippen LogP contribution in [0.15, 0.2) is 39.2 Å². The molecule has 4 rings (SSSR count). The zero-order chi connectivity index (χ0) is 19.5. The van der Waals surface area contributed by atoms with Gasteiger partial charge in [0, 0.05) is 5.56 Å². The fourth-order valence-electron chi connectivity index (χ4n) is 3.83. The van der Waals surface area contributed by atoms with E-state index < -0.39 is 0 Å². The van der Waals surface area contributed by atoms with E-state index in [1.807, 2.05) is 32.0 Å². The Labute approximate surface area is 164 Å². The molecule has 0 saturated carbocycles. The van der Waals surface area contributed by atoms with Gasteiger partial charge >= 0.3 is 0 Å². The highest BCUT2D eigenvalue weighted by Crippen LogP contribution is 2.25. The number of aryl methyl sites for hydroxylation is 2. The van der Waals surface area contributed by atoms with Crippen molar-refractivity contribution in [3.63, 3.8) is 0 Å². The van der Waals surface area contributed by atoms with Crippen molar-refractivity contribution in [3.05, 3.63) is 53.3 Å². The third kappa shape index (κ3) is 4.26. The molecule has 2 N–H and O–H groups in total. The van der Waals surface area contributed by atoms with Gasteiger partial charge in [0.2, 0.25) is 0 Å². The number of ether oxygens (including phenoxy) is 1. The molecule has 1 aromatic carbocycles. The molecule has 0 bridgehead atoms. The lowest BCUT2D eigenvalue weighted by Gasteiger charge is -2.29. The van der Waals surface area contributed by atoms with Crippen molar-refractivity contribution in [2.24, 2.45) is 0 Å². The highest BCUT2D eigenvalue weighted by atomic mass is 16.5. The number of hydrogen-bond donors (Lipinski definition) is 2. The monoisotopic (exact) mass is 384 g/mol. The number of methoxy groups -OCH3 is 1. The van der Waals surface area contributed by atoms with Crippen molar-refractivity contribution in [3.8, 4) is 17.2 Å². The fraction of sp³-hybridized carbons (Fsp3) is 0.429. The van der Waals surface area contributed by atoms with Crippen LogP contribution in [0.1, 0.15) is 23.0 Å². The lowest BCUT2D eigenvalue weighted by molar-refractivity contribution is -1.02. The Balaban J connectivity index is 1.29. The molecule has 1 saturated heterocycles. The molecule has 0 unspecified atom stereocenters. The van der Waals surface area contributed by atoms with Crippen LogP contribution >= 0.6 is 0 Å². The number of furan rings is 1. The predicted octanol–water partition coefficient (Wildman–Crippen LogP) is 0.439. The number of piperazine rings is 1. The minimum absolute atomic E-state index is 0.549. The summed E-state index contributed by atoms with van der Waals surface area (Å²) in [5, 5.41) is 8.45. The second kappa shape index (κ2) is 8.16. The molecule has 1 aliphatic heterocycles. The minimum Gasteiger partial charge on any atom is -0.497 e. The van der Waals surface area contributed by atoms with Gasteiger partial charge in [0.25, 0.3) is 11.8 Å². The maximum absolute atomic E-state index is 5.89. The van der Waals surface area contributed by atoms with Gasteiger partial charge in [0.05, 0.1) is 12.7 Å². The first-order chi connectivity index (χ1) is 13.6. The van der Waals surface area contributed by atoms with E-state index in [0.717, 1.165) is 62.1 Å². The maximum Gasteiger partial charge on any atom is 0.271 e. The van der Waals surface area contributed by atoms with E-state index in [1.54, 1.807) is 12.0 Å². The van der Waals surface area contributed by atoms with E-state index in [4.69, 9.17) is 13.6 Å². The van der Waals surface area contributed by atoms with Gasteiger partial charge in [0.15, 0.2) is 6.54 Å². The lowest BCUT2D eigenvalue weighted by atomic mass is 10.2. The Morgan fingerprint density at radius 1 is 0.929 bits per heavy atom. The van der Waals surface area contributed by atoms with Crippen LogP contribution in [-0.4, -0.2) is 43.5 Å². The topological polar surface area (TPSA) is 70.2 Å². The van der Waals surface area contributed by atoms with Crippen molar-refractivity contribution in [2.45, 2.75) is 26.9 Å². The summed E-state index contributed by atoms with van der Waals surface area (Å²) in [4.78, 5) is 3.11. The molecule has 0 spiro atoms. The Bertz CT molecular complexity index is 908. The minimum atomic E-state index is 0.549. The van der Waals surface area contributed by atoms with Crippen molar-refractivity contribution in [1.29, 1.82) is 0 Å². The normalized spacial score (nSPS) is 19.7. The molecule has 2 aromatic heterocycles. The zero-order valence-electron chi connectivity index (χ0n) is 16.7. The molecule has 7 nitrogen and oxygen atoms in total. The molecule has 7 heteroatoms. The molecule has 1 aliphatic rings. The van der Waals surface area contributed by atoms with E-state index in [1.165, 1.54) is 10.5 Å². The van der Waals surface area contributed by atoms with Crippen LogP contribution in [0.25, 0.3) is 11.5 Å². The average molecular weight is 384 g/mol. The van der Waals surface area contributed by atoms with Gasteiger partial charge in [-0.3, -0.25) is 0 Å². The molecular formula is C21H28N4O3+2. The number of quaternary nitrogens is 2. The van der Waals surface area contributed by atoms with Crippen LogP contribution in [0.4, 0.5) is 0 Å². The summed E-state index contributed by atoms with van der Waals surface area (Å²) >= 11 is 0. The SMILES string of the molecule is COc1ccc(C[NH+]2CC[NH+](Cc3nnc(-c4cc(C)oc4C)o3)CC2)cc1. The number of nitrogens with zero attached hydrogens (tertiary/aromatic N) is 2. The Morgan fingerprint density at radius 2 is 1.61 bits per heavy atom. The van der Waals surface area contributed by atoms with Crippen LogP contribution in [0.2, 0.25) is 0 Å². The van der Waals surface area contributed by atoms with Crippen LogP contribution < -0.4 is 14.5 Å². The second-order valence-corrected chi connectivity index (χ2v) is 7.53. The van der Waals surface area contributed by atoms with Crippen molar-refractivity contribution >= 4 is 0 Å². The van der Waals surface area contributed by atoms with Gasteiger partial charge < -0.3 is 23.4 Å². The number of nitrogens with one attached hydrogen (secondary N) is 2. The largest absolute Gasteiger partial charge is 0.497 e. The van der Waals surface area contributed by atoms with Crippen LogP contribution in [0, 0.1) is 13.8 Å². The van der Waals surface area contributed by atoms with Gasteiger partial charge in [-0.05, 0) is 44.2 Å². The number of hydrogen-bond acceptors (Lipinski definition) is 5. The van der Waals surface area contributed by atoms with Crippen molar-refractivity contribution in [1.82, 2.24) is 10.2 Å². The lowest BCUT2D eigenvalue weighted by Crippen LogP contribution is -3.27. The van der Waals surface area contributed by atoms with E-state index in [0.29, 0.717) is 11.8 Å². The molecule has 148 valence electrons. The number of benzene rings is 1. The molecule has 3 aromatic rings. The third-order valence-corrected chi connectivity index (χ3v) is 5.42.